The molecule has 1 amide bonds. The number of nitrogens with zero attached hydrogens (tertiary/aromatic N) is 1. The van der Waals surface area contributed by atoms with Crippen LogP contribution in [0.25, 0.3) is 0 Å². The molecular weight excluding hydrogens is 246 g/mol. The Labute approximate surface area is 113 Å². The van der Waals surface area contributed by atoms with Crippen molar-refractivity contribution in [1.82, 2.24) is 4.90 Å². The molecule has 3 nitrogen and oxygen atoms in total. The zero-order chi connectivity index (χ0) is 13.5. The van der Waals surface area contributed by atoms with Gasteiger partial charge in [0.1, 0.15) is 0 Å². The average molecular weight is 267 g/mol. The van der Waals surface area contributed by atoms with Crippen molar-refractivity contribution in [2.75, 3.05) is 18.8 Å². The molecule has 0 saturated heterocycles. The smallest absolute Gasteiger partial charge is 0.232 e. The molecule has 1 N–H and O–H groups in total. The van der Waals surface area contributed by atoms with Crippen LogP contribution in [0.1, 0.15) is 32.4 Å². The Morgan fingerprint density at radius 3 is 2.61 bits per heavy atom. The van der Waals surface area contributed by atoms with Crippen LogP contribution in [0.3, 0.4) is 0 Å². The first-order chi connectivity index (χ1) is 8.58. The monoisotopic (exact) mass is 267 g/mol. The Kier molecular flexibility index (Phi) is 6.22. The largest absolute Gasteiger partial charge is 0.389 e. The summed E-state index contributed by atoms with van der Waals surface area (Å²) in [6.45, 7) is 7.22. The molecule has 18 heavy (non-hydrogen) atoms. The van der Waals surface area contributed by atoms with Gasteiger partial charge in [-0.15, -0.1) is 11.8 Å². The van der Waals surface area contributed by atoms with Crippen LogP contribution in [0.5, 0.6) is 0 Å². The van der Waals surface area contributed by atoms with Crippen LogP contribution in [-0.2, 0) is 4.79 Å². The standard InChI is InChI=1S/C14H21NO2S/c1-4-15(5-2)14(17)10-18-13-8-6-7-12(9-13)11(3)16/h6-9,11,16H,4-5,10H2,1-3H3. The van der Waals surface area contributed by atoms with Crippen LogP contribution >= 0.6 is 11.8 Å². The molecule has 1 atom stereocenters. The minimum Gasteiger partial charge on any atom is -0.389 e. The van der Waals surface area contributed by atoms with E-state index in [1.54, 1.807) is 6.92 Å². The van der Waals surface area contributed by atoms with Gasteiger partial charge >= 0.3 is 0 Å². The Morgan fingerprint density at radius 1 is 1.39 bits per heavy atom. The van der Waals surface area contributed by atoms with E-state index in [1.807, 2.05) is 43.0 Å². The van der Waals surface area contributed by atoms with E-state index in [0.717, 1.165) is 23.5 Å². The Hall–Kier alpha value is -1.00. The first kappa shape index (κ1) is 15.1. The van der Waals surface area contributed by atoms with Crippen molar-refractivity contribution < 1.29 is 9.90 Å². The van der Waals surface area contributed by atoms with Gasteiger partial charge in [-0.1, -0.05) is 12.1 Å². The molecule has 1 rings (SSSR count). The molecule has 0 bridgehead atoms. The summed E-state index contributed by atoms with van der Waals surface area (Å²) in [5.74, 6) is 0.609. The fourth-order valence-electron chi connectivity index (χ4n) is 1.68. The zero-order valence-corrected chi connectivity index (χ0v) is 12.0. The van der Waals surface area contributed by atoms with Gasteiger partial charge in [0, 0.05) is 18.0 Å². The lowest BCUT2D eigenvalue weighted by Crippen LogP contribution is -2.31. The van der Waals surface area contributed by atoms with Crippen LogP contribution < -0.4 is 0 Å². The van der Waals surface area contributed by atoms with Crippen molar-refractivity contribution in [3.63, 3.8) is 0 Å². The second kappa shape index (κ2) is 7.44. The fraction of sp³-hybridized carbons (Fsp3) is 0.500. The molecule has 0 spiro atoms. The van der Waals surface area contributed by atoms with E-state index in [9.17, 15) is 9.90 Å². The van der Waals surface area contributed by atoms with Crippen LogP contribution in [0, 0.1) is 0 Å². The van der Waals surface area contributed by atoms with E-state index >= 15 is 0 Å². The normalized spacial score (nSPS) is 12.2. The molecule has 4 heteroatoms. The summed E-state index contributed by atoms with van der Waals surface area (Å²) in [6.07, 6.45) is -0.468. The quantitative estimate of drug-likeness (QED) is 0.806. The first-order valence-corrected chi connectivity index (χ1v) is 7.25. The number of aliphatic hydroxyl groups is 1. The van der Waals surface area contributed by atoms with Crippen LogP contribution in [-0.4, -0.2) is 34.8 Å². The van der Waals surface area contributed by atoms with Gasteiger partial charge in [-0.3, -0.25) is 4.79 Å². The lowest BCUT2D eigenvalue weighted by atomic mass is 10.1. The summed E-state index contributed by atoms with van der Waals surface area (Å²) >= 11 is 1.52. The van der Waals surface area contributed by atoms with Crippen LogP contribution in [0.4, 0.5) is 0 Å². The summed E-state index contributed by atoms with van der Waals surface area (Å²) in [5, 5.41) is 9.51. The van der Waals surface area contributed by atoms with E-state index in [-0.39, 0.29) is 5.91 Å². The molecule has 0 aromatic heterocycles. The maximum Gasteiger partial charge on any atom is 0.232 e. The highest BCUT2D eigenvalue weighted by atomic mass is 32.2. The number of thioether (sulfide) groups is 1. The molecule has 0 saturated carbocycles. The lowest BCUT2D eigenvalue weighted by molar-refractivity contribution is -0.127. The minimum atomic E-state index is -0.468. The summed E-state index contributed by atoms with van der Waals surface area (Å²) in [7, 11) is 0. The predicted molar refractivity (Wildman–Crippen MR) is 75.7 cm³/mol. The molecule has 0 aliphatic rings. The molecule has 1 aromatic carbocycles. The molecule has 0 fully saturated rings. The van der Waals surface area contributed by atoms with Crippen molar-refractivity contribution in [2.24, 2.45) is 0 Å². The van der Waals surface area contributed by atoms with Gasteiger partial charge < -0.3 is 10.0 Å². The molecule has 100 valence electrons. The number of aliphatic hydroxyl groups excluding tert-OH is 1. The zero-order valence-electron chi connectivity index (χ0n) is 11.2. The van der Waals surface area contributed by atoms with Crippen molar-refractivity contribution in [2.45, 2.75) is 31.8 Å². The van der Waals surface area contributed by atoms with Crippen LogP contribution in [0.2, 0.25) is 0 Å². The van der Waals surface area contributed by atoms with Gasteiger partial charge in [0.25, 0.3) is 0 Å². The number of benzene rings is 1. The van der Waals surface area contributed by atoms with E-state index < -0.39 is 6.10 Å². The number of amides is 1. The first-order valence-electron chi connectivity index (χ1n) is 6.27. The van der Waals surface area contributed by atoms with Gasteiger partial charge in [0.15, 0.2) is 0 Å². The van der Waals surface area contributed by atoms with E-state index in [0.29, 0.717) is 5.75 Å². The average Bonchev–Trinajstić information content (AvgIpc) is 2.38. The topological polar surface area (TPSA) is 40.5 Å². The van der Waals surface area contributed by atoms with Gasteiger partial charge in [0.05, 0.1) is 11.9 Å². The molecule has 1 unspecified atom stereocenters. The second-order valence-electron chi connectivity index (χ2n) is 4.10. The number of carbonyl (C=O) groups is 1. The SMILES string of the molecule is CCN(CC)C(=O)CSc1cccc(C(C)O)c1. The number of hydrogen-bond acceptors (Lipinski definition) is 3. The summed E-state index contributed by atoms with van der Waals surface area (Å²) in [5.41, 5.74) is 0.885. The summed E-state index contributed by atoms with van der Waals surface area (Å²) in [4.78, 5) is 14.7. The van der Waals surface area contributed by atoms with Gasteiger partial charge in [-0.2, -0.15) is 0 Å². The molecule has 1 aromatic rings. The van der Waals surface area contributed by atoms with Gasteiger partial charge in [-0.25, -0.2) is 0 Å². The number of hydrogen-bond donors (Lipinski definition) is 1. The molecular formula is C14H21NO2S. The fourth-order valence-corrected chi connectivity index (χ4v) is 2.54. The molecule has 0 heterocycles. The van der Waals surface area contributed by atoms with Crippen molar-refractivity contribution in [1.29, 1.82) is 0 Å². The highest BCUT2D eigenvalue weighted by Gasteiger charge is 2.10. The van der Waals surface area contributed by atoms with E-state index in [4.69, 9.17) is 0 Å². The molecule has 0 aliphatic carbocycles. The van der Waals surface area contributed by atoms with Crippen molar-refractivity contribution >= 4 is 17.7 Å². The van der Waals surface area contributed by atoms with Crippen molar-refractivity contribution in [3.05, 3.63) is 29.8 Å². The maximum atomic E-state index is 11.9. The number of carbonyl (C=O) groups excluding carboxylic acids is 1. The lowest BCUT2D eigenvalue weighted by Gasteiger charge is -2.18. The highest BCUT2D eigenvalue weighted by molar-refractivity contribution is 8.00. The third-order valence-electron chi connectivity index (χ3n) is 2.82. The third kappa shape index (κ3) is 4.35. The maximum absolute atomic E-state index is 11.9. The number of rotatable bonds is 6. The van der Waals surface area contributed by atoms with E-state index in [1.165, 1.54) is 11.8 Å². The highest BCUT2D eigenvalue weighted by Crippen LogP contribution is 2.22. The third-order valence-corrected chi connectivity index (χ3v) is 3.80. The minimum absolute atomic E-state index is 0.160. The summed E-state index contributed by atoms with van der Waals surface area (Å²) < 4.78 is 0. The Morgan fingerprint density at radius 2 is 2.06 bits per heavy atom. The van der Waals surface area contributed by atoms with Gasteiger partial charge in [-0.05, 0) is 38.5 Å². The van der Waals surface area contributed by atoms with Crippen molar-refractivity contribution in [3.8, 4) is 0 Å². The van der Waals surface area contributed by atoms with Crippen LogP contribution in [0.15, 0.2) is 29.2 Å². The predicted octanol–water partition coefficient (Wildman–Crippen LogP) is 2.70. The summed E-state index contributed by atoms with van der Waals surface area (Å²) in [6, 6.07) is 7.70. The van der Waals surface area contributed by atoms with Gasteiger partial charge in [0.2, 0.25) is 5.91 Å². The Balaban J connectivity index is 2.58. The Bertz CT molecular complexity index is 389. The molecule has 0 aliphatic heterocycles. The van der Waals surface area contributed by atoms with E-state index in [2.05, 4.69) is 0 Å². The second-order valence-corrected chi connectivity index (χ2v) is 5.15. The molecule has 0 radical (unpaired) electrons.